The third-order valence-corrected chi connectivity index (χ3v) is 3.72. The van der Waals surface area contributed by atoms with E-state index in [4.69, 9.17) is 5.11 Å². The lowest BCUT2D eigenvalue weighted by Gasteiger charge is -2.19. The lowest BCUT2D eigenvalue weighted by atomic mass is 9.92. The molecule has 2 rings (SSSR count). The Labute approximate surface area is 116 Å². The largest absolute Gasteiger partial charge is 0.481 e. The van der Waals surface area contributed by atoms with Crippen molar-refractivity contribution in [2.24, 2.45) is 11.8 Å². The monoisotopic (exact) mass is 284 g/mol. The molecule has 0 heterocycles. The lowest BCUT2D eigenvalue weighted by Crippen LogP contribution is -2.29. The molecule has 1 aliphatic carbocycles. The Kier molecular flexibility index (Phi) is 4.70. The highest BCUT2D eigenvalue weighted by Crippen LogP contribution is 2.36. The van der Waals surface area contributed by atoms with Crippen molar-refractivity contribution in [1.29, 1.82) is 0 Å². The third-order valence-electron chi connectivity index (χ3n) is 3.72. The van der Waals surface area contributed by atoms with E-state index in [9.17, 15) is 18.7 Å². The van der Waals surface area contributed by atoms with Crippen molar-refractivity contribution in [3.05, 3.63) is 35.4 Å². The van der Waals surface area contributed by atoms with Crippen LogP contribution in [0.1, 0.15) is 31.2 Å². The first kappa shape index (κ1) is 14.9. The summed E-state index contributed by atoms with van der Waals surface area (Å²) < 4.78 is 26.0. The highest BCUT2D eigenvalue weighted by molar-refractivity contribution is 5.70. The number of aliphatic hydroxyl groups excluding tert-OH is 1. The van der Waals surface area contributed by atoms with Gasteiger partial charge in [-0.1, -0.05) is 12.8 Å². The van der Waals surface area contributed by atoms with E-state index in [1.165, 1.54) is 12.1 Å². The highest BCUT2D eigenvalue weighted by Gasteiger charge is 2.33. The number of rotatable bonds is 7. The summed E-state index contributed by atoms with van der Waals surface area (Å²) in [6, 6.07) is 3.19. The molecule has 1 aromatic rings. The summed E-state index contributed by atoms with van der Waals surface area (Å²) in [6.45, 7) is 0. The number of hydrogen-bond donors (Lipinski definition) is 2. The second-order valence-corrected chi connectivity index (χ2v) is 5.51. The van der Waals surface area contributed by atoms with E-state index in [-0.39, 0.29) is 12.8 Å². The molecule has 0 aliphatic heterocycles. The standard InChI is InChI=1S/C15H18F2O3/c16-11-5-10(6-12(17)8-11)3-4-14(18)13(15(19)20)7-9-1-2-9/h5-6,8-9,13-14,18H,1-4,7H2,(H,19,20). The molecule has 0 spiro atoms. The zero-order valence-corrected chi connectivity index (χ0v) is 11.1. The number of halogens is 2. The van der Waals surface area contributed by atoms with Gasteiger partial charge in [-0.15, -0.1) is 0 Å². The third kappa shape index (κ3) is 4.27. The second-order valence-electron chi connectivity index (χ2n) is 5.51. The van der Waals surface area contributed by atoms with Crippen molar-refractivity contribution in [1.82, 2.24) is 0 Å². The second kappa shape index (κ2) is 6.31. The molecule has 1 aliphatic rings. The molecule has 0 saturated heterocycles. The van der Waals surface area contributed by atoms with Gasteiger partial charge in [-0.2, -0.15) is 0 Å². The molecule has 2 unspecified atom stereocenters. The van der Waals surface area contributed by atoms with E-state index in [1.807, 2.05) is 0 Å². The average Bonchev–Trinajstić information content (AvgIpc) is 3.15. The number of hydrogen-bond acceptors (Lipinski definition) is 2. The van der Waals surface area contributed by atoms with Gasteiger partial charge in [0.1, 0.15) is 11.6 Å². The summed E-state index contributed by atoms with van der Waals surface area (Å²) in [5.74, 6) is -2.72. The van der Waals surface area contributed by atoms with E-state index >= 15 is 0 Å². The van der Waals surface area contributed by atoms with Gasteiger partial charge in [0.15, 0.2) is 0 Å². The Morgan fingerprint density at radius 2 is 1.85 bits per heavy atom. The van der Waals surface area contributed by atoms with Crippen molar-refractivity contribution in [2.75, 3.05) is 0 Å². The van der Waals surface area contributed by atoms with Crippen LogP contribution < -0.4 is 0 Å². The molecule has 2 atom stereocenters. The number of carboxylic acid groups (broad SMARTS) is 1. The van der Waals surface area contributed by atoms with Crippen LogP contribution in [0.25, 0.3) is 0 Å². The summed E-state index contributed by atoms with van der Waals surface area (Å²) in [5.41, 5.74) is 0.428. The zero-order chi connectivity index (χ0) is 14.7. The van der Waals surface area contributed by atoms with Crippen LogP contribution >= 0.6 is 0 Å². The number of aryl methyl sites for hydroxylation is 1. The highest BCUT2D eigenvalue weighted by atomic mass is 19.1. The molecule has 0 amide bonds. The van der Waals surface area contributed by atoms with Crippen LogP contribution in [-0.2, 0) is 11.2 Å². The molecule has 5 heteroatoms. The Balaban J connectivity index is 1.91. The van der Waals surface area contributed by atoms with E-state index in [0.717, 1.165) is 18.9 Å². The molecule has 1 fully saturated rings. The van der Waals surface area contributed by atoms with Gasteiger partial charge in [0.25, 0.3) is 0 Å². The molecular weight excluding hydrogens is 266 g/mol. The fourth-order valence-corrected chi connectivity index (χ4v) is 2.41. The lowest BCUT2D eigenvalue weighted by molar-refractivity contribution is -0.146. The minimum absolute atomic E-state index is 0.187. The summed E-state index contributed by atoms with van der Waals surface area (Å²) in [5, 5.41) is 19.1. The molecule has 0 aromatic heterocycles. The van der Waals surface area contributed by atoms with Crippen LogP contribution in [-0.4, -0.2) is 22.3 Å². The number of aliphatic hydroxyl groups is 1. The average molecular weight is 284 g/mol. The minimum atomic E-state index is -1.00. The summed E-state index contributed by atoms with van der Waals surface area (Å²) >= 11 is 0. The van der Waals surface area contributed by atoms with Crippen LogP contribution in [0.15, 0.2) is 18.2 Å². The number of benzene rings is 1. The maximum Gasteiger partial charge on any atom is 0.309 e. The van der Waals surface area contributed by atoms with Crippen molar-refractivity contribution >= 4 is 5.97 Å². The SMILES string of the molecule is O=C(O)C(CC1CC1)C(O)CCc1cc(F)cc(F)c1. The molecular formula is C15H18F2O3. The smallest absolute Gasteiger partial charge is 0.309 e. The van der Waals surface area contributed by atoms with Gasteiger partial charge in [0.05, 0.1) is 12.0 Å². The van der Waals surface area contributed by atoms with E-state index in [2.05, 4.69) is 0 Å². The fourth-order valence-electron chi connectivity index (χ4n) is 2.41. The summed E-state index contributed by atoms with van der Waals surface area (Å²) in [6.07, 6.45) is 1.97. The topological polar surface area (TPSA) is 57.5 Å². The molecule has 3 nitrogen and oxygen atoms in total. The maximum atomic E-state index is 13.0. The molecule has 0 bridgehead atoms. The predicted molar refractivity (Wildman–Crippen MR) is 69.2 cm³/mol. The molecule has 20 heavy (non-hydrogen) atoms. The Hall–Kier alpha value is -1.49. The van der Waals surface area contributed by atoms with E-state index < -0.39 is 29.6 Å². The first-order valence-corrected chi connectivity index (χ1v) is 6.81. The fraction of sp³-hybridized carbons (Fsp3) is 0.533. The molecule has 1 saturated carbocycles. The van der Waals surface area contributed by atoms with Gasteiger partial charge in [0.2, 0.25) is 0 Å². The first-order valence-electron chi connectivity index (χ1n) is 6.81. The summed E-state index contributed by atoms with van der Waals surface area (Å²) in [7, 11) is 0. The van der Waals surface area contributed by atoms with Gasteiger partial charge in [0, 0.05) is 6.07 Å². The van der Waals surface area contributed by atoms with Gasteiger partial charge < -0.3 is 10.2 Å². The van der Waals surface area contributed by atoms with Crippen molar-refractivity contribution < 1.29 is 23.8 Å². The van der Waals surface area contributed by atoms with Crippen LogP contribution in [0.4, 0.5) is 8.78 Å². The van der Waals surface area contributed by atoms with Crippen LogP contribution in [0.3, 0.4) is 0 Å². The molecule has 1 aromatic carbocycles. The Morgan fingerprint density at radius 3 is 2.35 bits per heavy atom. The predicted octanol–water partition coefficient (Wildman–Crippen LogP) is 2.76. The van der Waals surface area contributed by atoms with Crippen molar-refractivity contribution in [2.45, 2.75) is 38.2 Å². The Morgan fingerprint density at radius 1 is 1.25 bits per heavy atom. The molecule has 2 N–H and O–H groups in total. The van der Waals surface area contributed by atoms with Crippen LogP contribution in [0.2, 0.25) is 0 Å². The van der Waals surface area contributed by atoms with Gasteiger partial charge in [-0.25, -0.2) is 8.78 Å². The quantitative estimate of drug-likeness (QED) is 0.809. The van der Waals surface area contributed by atoms with Gasteiger partial charge in [-0.05, 0) is 42.9 Å². The molecule has 0 radical (unpaired) electrons. The normalized spacial score (nSPS) is 17.8. The van der Waals surface area contributed by atoms with E-state index in [0.29, 0.717) is 17.9 Å². The van der Waals surface area contributed by atoms with Gasteiger partial charge >= 0.3 is 5.97 Å². The first-order chi connectivity index (χ1) is 9.45. The van der Waals surface area contributed by atoms with Crippen molar-refractivity contribution in [3.8, 4) is 0 Å². The van der Waals surface area contributed by atoms with E-state index in [1.54, 1.807) is 0 Å². The maximum absolute atomic E-state index is 13.0. The van der Waals surface area contributed by atoms with Crippen LogP contribution in [0.5, 0.6) is 0 Å². The zero-order valence-electron chi connectivity index (χ0n) is 11.1. The molecule has 110 valence electrons. The minimum Gasteiger partial charge on any atom is -0.481 e. The number of aliphatic carboxylic acids is 1. The van der Waals surface area contributed by atoms with Gasteiger partial charge in [-0.3, -0.25) is 4.79 Å². The van der Waals surface area contributed by atoms with Crippen molar-refractivity contribution in [3.63, 3.8) is 0 Å². The number of carboxylic acids is 1. The number of carbonyl (C=O) groups is 1. The van der Waals surface area contributed by atoms with Crippen LogP contribution in [0, 0.1) is 23.5 Å². The Bertz CT molecular complexity index is 466. The summed E-state index contributed by atoms with van der Waals surface area (Å²) in [4.78, 5) is 11.1.